The van der Waals surface area contributed by atoms with E-state index in [0.717, 1.165) is 19.5 Å². The fourth-order valence-electron chi connectivity index (χ4n) is 1.85. The summed E-state index contributed by atoms with van der Waals surface area (Å²) in [5, 5.41) is 25.2. The highest BCUT2D eigenvalue weighted by Crippen LogP contribution is 2.18. The van der Waals surface area contributed by atoms with Crippen LogP contribution in [0.15, 0.2) is 6.20 Å². The third-order valence-electron chi connectivity index (χ3n) is 2.62. The topological polar surface area (TPSA) is 87.4 Å². The number of rotatable bonds is 3. The molecule has 1 unspecified atom stereocenters. The quantitative estimate of drug-likeness (QED) is 0.649. The van der Waals surface area contributed by atoms with Gasteiger partial charge in [-0.25, -0.2) is 4.79 Å². The minimum atomic E-state index is -1.14. The first-order valence-corrected chi connectivity index (χ1v) is 4.87. The lowest BCUT2D eigenvalue weighted by Crippen LogP contribution is -2.18. The van der Waals surface area contributed by atoms with Gasteiger partial charge < -0.3 is 15.5 Å². The molecule has 0 aliphatic carbocycles. The van der Waals surface area contributed by atoms with E-state index in [4.69, 9.17) is 5.11 Å². The Balaban J connectivity index is 2.16. The molecule has 1 saturated heterocycles. The van der Waals surface area contributed by atoms with Gasteiger partial charge in [0.25, 0.3) is 0 Å². The molecule has 0 amide bonds. The van der Waals surface area contributed by atoms with Crippen LogP contribution in [-0.4, -0.2) is 39.1 Å². The molecule has 3 N–H and O–H groups in total. The van der Waals surface area contributed by atoms with Crippen LogP contribution in [0.1, 0.15) is 16.9 Å². The lowest BCUT2D eigenvalue weighted by molar-refractivity contribution is 0.0678. The van der Waals surface area contributed by atoms with Crippen molar-refractivity contribution in [3.8, 4) is 5.75 Å². The molecule has 1 aliphatic rings. The molecule has 1 aromatic heterocycles. The highest BCUT2D eigenvalue weighted by Gasteiger charge is 2.21. The number of hydrogen-bond donors (Lipinski definition) is 3. The lowest BCUT2D eigenvalue weighted by Gasteiger charge is -2.09. The van der Waals surface area contributed by atoms with Crippen LogP contribution in [0.3, 0.4) is 0 Å². The van der Waals surface area contributed by atoms with Crippen LogP contribution < -0.4 is 5.32 Å². The average Bonchev–Trinajstić information content (AvgIpc) is 2.76. The number of aromatic hydroxyl groups is 1. The summed E-state index contributed by atoms with van der Waals surface area (Å²) in [6.07, 6.45) is 2.19. The molecule has 82 valence electrons. The molecular weight excluding hydrogens is 198 g/mol. The molecule has 6 nitrogen and oxygen atoms in total. The van der Waals surface area contributed by atoms with E-state index in [1.54, 1.807) is 0 Å². The summed E-state index contributed by atoms with van der Waals surface area (Å²) in [4.78, 5) is 10.8. The van der Waals surface area contributed by atoms with Crippen molar-refractivity contribution >= 4 is 5.97 Å². The zero-order chi connectivity index (χ0) is 10.8. The predicted octanol–water partition coefficient (Wildman–Crippen LogP) is -0.104. The summed E-state index contributed by atoms with van der Waals surface area (Å²) in [5.41, 5.74) is -0.123. The normalized spacial score (nSPS) is 20.7. The first-order valence-electron chi connectivity index (χ1n) is 4.87. The lowest BCUT2D eigenvalue weighted by atomic mass is 10.1. The van der Waals surface area contributed by atoms with E-state index in [1.807, 2.05) is 0 Å². The molecule has 0 aromatic carbocycles. The molecule has 1 aromatic rings. The molecule has 2 rings (SSSR count). The van der Waals surface area contributed by atoms with Crippen molar-refractivity contribution in [3.05, 3.63) is 11.9 Å². The van der Waals surface area contributed by atoms with Gasteiger partial charge in [0, 0.05) is 6.54 Å². The third-order valence-corrected chi connectivity index (χ3v) is 2.62. The Labute approximate surface area is 86.5 Å². The average molecular weight is 211 g/mol. The van der Waals surface area contributed by atoms with E-state index in [2.05, 4.69) is 10.4 Å². The summed E-state index contributed by atoms with van der Waals surface area (Å²) >= 11 is 0. The molecular formula is C9H13N3O3. The number of aromatic carboxylic acids is 1. The Kier molecular flexibility index (Phi) is 2.59. The standard InChI is InChI=1S/C9H13N3O3/c13-7-4-11-12(8(7)9(14)15)5-6-1-2-10-3-6/h4,6,10,13H,1-3,5H2,(H,14,15). The first-order chi connectivity index (χ1) is 7.18. The Morgan fingerprint density at radius 2 is 2.53 bits per heavy atom. The van der Waals surface area contributed by atoms with Gasteiger partial charge in [-0.05, 0) is 25.4 Å². The molecule has 0 radical (unpaired) electrons. The molecule has 0 saturated carbocycles. The summed E-state index contributed by atoms with van der Waals surface area (Å²) in [6.45, 7) is 2.37. The number of aromatic nitrogens is 2. The molecule has 1 fully saturated rings. The van der Waals surface area contributed by atoms with E-state index in [-0.39, 0.29) is 11.4 Å². The van der Waals surface area contributed by atoms with Crippen molar-refractivity contribution in [3.63, 3.8) is 0 Å². The number of carboxylic acids is 1. The Morgan fingerprint density at radius 1 is 1.73 bits per heavy atom. The molecule has 6 heteroatoms. The molecule has 1 aliphatic heterocycles. The number of nitrogens with zero attached hydrogens (tertiary/aromatic N) is 2. The smallest absolute Gasteiger partial charge is 0.358 e. The largest absolute Gasteiger partial charge is 0.504 e. The van der Waals surface area contributed by atoms with E-state index in [9.17, 15) is 9.90 Å². The summed E-state index contributed by atoms with van der Waals surface area (Å²) in [7, 11) is 0. The van der Waals surface area contributed by atoms with Gasteiger partial charge in [-0.15, -0.1) is 0 Å². The first kappa shape index (κ1) is 9.97. The van der Waals surface area contributed by atoms with Crippen molar-refractivity contribution in [2.75, 3.05) is 13.1 Å². The van der Waals surface area contributed by atoms with Crippen LogP contribution in [0.5, 0.6) is 5.75 Å². The van der Waals surface area contributed by atoms with Crippen molar-refractivity contribution in [2.45, 2.75) is 13.0 Å². The SMILES string of the molecule is O=C(O)c1c(O)cnn1CC1CCNC1. The second-order valence-corrected chi connectivity index (χ2v) is 3.72. The van der Waals surface area contributed by atoms with E-state index >= 15 is 0 Å². The Hall–Kier alpha value is -1.56. The van der Waals surface area contributed by atoms with Crippen LogP contribution in [0.4, 0.5) is 0 Å². The van der Waals surface area contributed by atoms with Gasteiger partial charge in [0.2, 0.25) is 0 Å². The van der Waals surface area contributed by atoms with Gasteiger partial charge in [0.1, 0.15) is 0 Å². The second-order valence-electron chi connectivity index (χ2n) is 3.72. The minimum Gasteiger partial charge on any atom is -0.504 e. The fraction of sp³-hybridized carbons (Fsp3) is 0.556. The van der Waals surface area contributed by atoms with Gasteiger partial charge in [-0.3, -0.25) is 4.68 Å². The monoisotopic (exact) mass is 211 g/mol. The van der Waals surface area contributed by atoms with Crippen LogP contribution in [0.2, 0.25) is 0 Å². The maximum absolute atomic E-state index is 10.8. The predicted molar refractivity (Wildman–Crippen MR) is 51.8 cm³/mol. The highest BCUT2D eigenvalue weighted by atomic mass is 16.4. The Morgan fingerprint density at radius 3 is 3.13 bits per heavy atom. The van der Waals surface area contributed by atoms with Crippen molar-refractivity contribution < 1.29 is 15.0 Å². The summed E-state index contributed by atoms with van der Waals surface area (Å²) < 4.78 is 1.36. The maximum Gasteiger partial charge on any atom is 0.358 e. The minimum absolute atomic E-state index is 0.123. The molecule has 1 atom stereocenters. The van der Waals surface area contributed by atoms with E-state index in [1.165, 1.54) is 10.9 Å². The molecule has 0 bridgehead atoms. The second kappa shape index (κ2) is 3.90. The van der Waals surface area contributed by atoms with Crippen LogP contribution in [0.25, 0.3) is 0 Å². The highest BCUT2D eigenvalue weighted by molar-refractivity contribution is 5.88. The van der Waals surface area contributed by atoms with Gasteiger partial charge in [-0.1, -0.05) is 0 Å². The fourth-order valence-corrected chi connectivity index (χ4v) is 1.85. The Bertz CT molecular complexity index is 369. The van der Waals surface area contributed by atoms with Crippen molar-refractivity contribution in [1.82, 2.24) is 15.1 Å². The number of nitrogens with one attached hydrogen (secondary N) is 1. The summed E-state index contributed by atoms with van der Waals surface area (Å²) in [5.74, 6) is -1.02. The molecule has 15 heavy (non-hydrogen) atoms. The zero-order valence-corrected chi connectivity index (χ0v) is 8.18. The van der Waals surface area contributed by atoms with Gasteiger partial charge in [0.15, 0.2) is 11.4 Å². The molecule has 2 heterocycles. The van der Waals surface area contributed by atoms with E-state index < -0.39 is 5.97 Å². The summed E-state index contributed by atoms with van der Waals surface area (Å²) in [6, 6.07) is 0. The van der Waals surface area contributed by atoms with Gasteiger partial charge >= 0.3 is 5.97 Å². The zero-order valence-electron chi connectivity index (χ0n) is 8.18. The van der Waals surface area contributed by atoms with Crippen molar-refractivity contribution in [1.29, 1.82) is 0 Å². The molecule has 0 spiro atoms. The van der Waals surface area contributed by atoms with E-state index in [0.29, 0.717) is 12.5 Å². The van der Waals surface area contributed by atoms with Crippen LogP contribution in [0, 0.1) is 5.92 Å². The number of carbonyl (C=O) groups is 1. The van der Waals surface area contributed by atoms with Gasteiger partial charge in [-0.2, -0.15) is 5.10 Å². The van der Waals surface area contributed by atoms with Crippen molar-refractivity contribution in [2.24, 2.45) is 5.92 Å². The number of hydrogen-bond acceptors (Lipinski definition) is 4. The van der Waals surface area contributed by atoms with Crippen LogP contribution >= 0.6 is 0 Å². The number of carboxylic acid groups (broad SMARTS) is 1. The van der Waals surface area contributed by atoms with Crippen LogP contribution in [-0.2, 0) is 6.54 Å². The third kappa shape index (κ3) is 1.94. The van der Waals surface area contributed by atoms with Gasteiger partial charge in [0.05, 0.1) is 6.20 Å². The maximum atomic E-state index is 10.8.